The maximum Gasteiger partial charge on any atom is 0.323 e. The fraction of sp³-hybridized carbons (Fsp3) is 0.526. The highest BCUT2D eigenvalue weighted by atomic mass is 32.2. The van der Waals surface area contributed by atoms with Crippen LogP contribution in [0.1, 0.15) is 40.5 Å². The number of esters is 3. The molecular weight excluding hydrogens is 356 g/mol. The summed E-state index contributed by atoms with van der Waals surface area (Å²) in [5.41, 5.74) is -2.25. The topological polar surface area (TPSA) is 78.9 Å². The van der Waals surface area contributed by atoms with E-state index in [4.69, 9.17) is 14.2 Å². The van der Waals surface area contributed by atoms with Gasteiger partial charge in [0.25, 0.3) is 0 Å². The second-order valence-electron chi connectivity index (χ2n) is 5.55. The number of rotatable bonds is 10. The van der Waals surface area contributed by atoms with Crippen molar-refractivity contribution in [2.45, 2.75) is 50.9 Å². The minimum Gasteiger partial charge on any atom is -0.465 e. The minimum atomic E-state index is -1.52. The number of benzene rings is 1. The first kappa shape index (κ1) is 22.0. The Labute approximate surface area is 158 Å². The SMILES string of the molecule is CCOC(=O)C(CC)(CC(OC(C)=O)Sc1ccccc1)C(=O)OCC. The highest BCUT2D eigenvalue weighted by Crippen LogP contribution is 2.38. The molecule has 0 bridgehead atoms. The van der Waals surface area contributed by atoms with E-state index < -0.39 is 28.8 Å². The molecule has 144 valence electrons. The predicted octanol–water partition coefficient (Wildman–Crippen LogP) is 3.58. The Kier molecular flexibility index (Phi) is 9.19. The number of ether oxygens (including phenoxy) is 3. The van der Waals surface area contributed by atoms with E-state index in [-0.39, 0.29) is 26.1 Å². The summed E-state index contributed by atoms with van der Waals surface area (Å²) >= 11 is 1.27. The van der Waals surface area contributed by atoms with Crippen molar-refractivity contribution in [3.63, 3.8) is 0 Å². The molecule has 6 nitrogen and oxygen atoms in total. The van der Waals surface area contributed by atoms with Crippen molar-refractivity contribution >= 4 is 29.7 Å². The van der Waals surface area contributed by atoms with Gasteiger partial charge in [-0.1, -0.05) is 36.9 Å². The summed E-state index contributed by atoms with van der Waals surface area (Å²) in [4.78, 5) is 37.6. The molecule has 0 aliphatic heterocycles. The number of thioether (sulfide) groups is 1. The highest BCUT2D eigenvalue weighted by Gasteiger charge is 2.49. The molecule has 0 spiro atoms. The quantitative estimate of drug-likeness (QED) is 0.201. The van der Waals surface area contributed by atoms with Gasteiger partial charge in [-0.05, 0) is 32.4 Å². The Morgan fingerprint density at radius 1 is 1.00 bits per heavy atom. The third-order valence-corrected chi connectivity index (χ3v) is 4.83. The molecule has 1 aromatic rings. The fourth-order valence-electron chi connectivity index (χ4n) is 2.45. The van der Waals surface area contributed by atoms with E-state index in [1.807, 2.05) is 30.3 Å². The van der Waals surface area contributed by atoms with Crippen LogP contribution in [-0.4, -0.2) is 36.6 Å². The van der Waals surface area contributed by atoms with Crippen LogP contribution in [0.5, 0.6) is 0 Å². The van der Waals surface area contributed by atoms with E-state index in [1.165, 1.54) is 18.7 Å². The Morgan fingerprint density at radius 2 is 1.54 bits per heavy atom. The number of hydrogen-bond donors (Lipinski definition) is 0. The molecule has 0 N–H and O–H groups in total. The van der Waals surface area contributed by atoms with Crippen LogP contribution in [0.3, 0.4) is 0 Å². The zero-order chi connectivity index (χ0) is 19.6. The number of carbonyl (C=O) groups excluding carboxylic acids is 3. The van der Waals surface area contributed by atoms with Crippen molar-refractivity contribution < 1.29 is 28.6 Å². The molecule has 7 heteroatoms. The molecule has 1 rings (SSSR count). The predicted molar refractivity (Wildman–Crippen MR) is 98.5 cm³/mol. The van der Waals surface area contributed by atoms with Gasteiger partial charge in [0, 0.05) is 18.2 Å². The van der Waals surface area contributed by atoms with Gasteiger partial charge in [0.05, 0.1) is 13.2 Å². The van der Waals surface area contributed by atoms with Crippen molar-refractivity contribution in [1.29, 1.82) is 0 Å². The molecule has 0 aromatic heterocycles. The zero-order valence-electron chi connectivity index (χ0n) is 15.7. The van der Waals surface area contributed by atoms with Gasteiger partial charge in [0.15, 0.2) is 10.9 Å². The van der Waals surface area contributed by atoms with Crippen LogP contribution in [0.15, 0.2) is 35.2 Å². The summed E-state index contributed by atoms with van der Waals surface area (Å²) in [5.74, 6) is -1.81. The van der Waals surface area contributed by atoms with Gasteiger partial charge < -0.3 is 14.2 Å². The highest BCUT2D eigenvalue weighted by molar-refractivity contribution is 7.99. The summed E-state index contributed by atoms with van der Waals surface area (Å²) in [7, 11) is 0. The van der Waals surface area contributed by atoms with Crippen molar-refractivity contribution in [3.8, 4) is 0 Å². The second kappa shape index (κ2) is 10.9. The smallest absolute Gasteiger partial charge is 0.323 e. The number of carbonyl (C=O) groups is 3. The zero-order valence-corrected chi connectivity index (χ0v) is 16.5. The largest absolute Gasteiger partial charge is 0.465 e. The first-order valence-corrected chi connectivity index (χ1v) is 9.50. The van der Waals surface area contributed by atoms with E-state index in [2.05, 4.69) is 0 Å². The minimum absolute atomic E-state index is 0.0275. The van der Waals surface area contributed by atoms with Crippen LogP contribution in [-0.2, 0) is 28.6 Å². The van der Waals surface area contributed by atoms with E-state index in [9.17, 15) is 14.4 Å². The summed E-state index contributed by atoms with van der Waals surface area (Å²) in [6, 6.07) is 9.32. The second-order valence-corrected chi connectivity index (χ2v) is 6.78. The third kappa shape index (κ3) is 6.05. The third-order valence-electron chi connectivity index (χ3n) is 3.76. The number of hydrogen-bond acceptors (Lipinski definition) is 7. The van der Waals surface area contributed by atoms with E-state index in [1.54, 1.807) is 20.8 Å². The van der Waals surface area contributed by atoms with E-state index in [0.29, 0.717) is 0 Å². The van der Waals surface area contributed by atoms with Crippen LogP contribution < -0.4 is 0 Å². The van der Waals surface area contributed by atoms with Crippen molar-refractivity contribution in [2.75, 3.05) is 13.2 Å². The maximum atomic E-state index is 12.6. The van der Waals surface area contributed by atoms with Crippen LogP contribution >= 0.6 is 11.8 Å². The average molecular weight is 382 g/mol. The summed E-state index contributed by atoms with van der Waals surface area (Å²) in [6.45, 7) is 6.64. The van der Waals surface area contributed by atoms with Gasteiger partial charge in [-0.15, -0.1) is 0 Å². The first-order chi connectivity index (χ1) is 12.4. The lowest BCUT2D eigenvalue weighted by Crippen LogP contribution is -2.44. The standard InChI is InChI=1S/C19H26O6S/c1-5-19(17(21)23-6-2,18(22)24-7-3)13-16(25-14(4)20)26-15-11-9-8-10-12-15/h8-12,16H,5-7,13H2,1-4H3. The van der Waals surface area contributed by atoms with Crippen LogP contribution in [0.25, 0.3) is 0 Å². The Hall–Kier alpha value is -2.02. The normalized spacial score (nSPS) is 12.2. The van der Waals surface area contributed by atoms with Gasteiger partial charge >= 0.3 is 17.9 Å². The molecule has 0 heterocycles. The molecule has 26 heavy (non-hydrogen) atoms. The molecule has 1 aromatic carbocycles. The Morgan fingerprint density at radius 3 is 1.96 bits per heavy atom. The molecule has 1 unspecified atom stereocenters. The molecule has 0 amide bonds. The van der Waals surface area contributed by atoms with Gasteiger partial charge in [-0.3, -0.25) is 14.4 Å². The molecular formula is C19H26O6S. The molecule has 0 aliphatic carbocycles. The lowest BCUT2D eigenvalue weighted by Gasteiger charge is -2.31. The van der Waals surface area contributed by atoms with Gasteiger partial charge in [-0.2, -0.15) is 0 Å². The van der Waals surface area contributed by atoms with E-state index in [0.717, 1.165) is 4.90 Å². The summed E-state index contributed by atoms with van der Waals surface area (Å²) in [6.07, 6.45) is 0.151. The lowest BCUT2D eigenvalue weighted by atomic mass is 9.81. The lowest BCUT2D eigenvalue weighted by molar-refractivity contribution is -0.175. The molecule has 0 radical (unpaired) electrons. The summed E-state index contributed by atoms with van der Waals surface area (Å²) in [5, 5.41) is 0. The molecule has 0 fully saturated rings. The summed E-state index contributed by atoms with van der Waals surface area (Å²) < 4.78 is 15.6. The van der Waals surface area contributed by atoms with E-state index >= 15 is 0 Å². The first-order valence-electron chi connectivity index (χ1n) is 8.62. The molecule has 1 atom stereocenters. The Bertz CT molecular complexity index is 583. The Balaban J connectivity index is 3.16. The van der Waals surface area contributed by atoms with Gasteiger partial charge in [0.1, 0.15) is 0 Å². The van der Waals surface area contributed by atoms with Gasteiger partial charge in [-0.25, -0.2) is 0 Å². The molecule has 0 saturated carbocycles. The molecule has 0 aliphatic rings. The fourth-order valence-corrected chi connectivity index (χ4v) is 3.62. The van der Waals surface area contributed by atoms with Gasteiger partial charge in [0.2, 0.25) is 0 Å². The van der Waals surface area contributed by atoms with Crippen molar-refractivity contribution in [1.82, 2.24) is 0 Å². The van der Waals surface area contributed by atoms with Crippen LogP contribution in [0.4, 0.5) is 0 Å². The van der Waals surface area contributed by atoms with Crippen LogP contribution in [0, 0.1) is 5.41 Å². The monoisotopic (exact) mass is 382 g/mol. The average Bonchev–Trinajstić information content (AvgIpc) is 2.60. The van der Waals surface area contributed by atoms with Crippen LogP contribution in [0.2, 0.25) is 0 Å². The molecule has 0 saturated heterocycles. The van der Waals surface area contributed by atoms with Crippen molar-refractivity contribution in [2.24, 2.45) is 5.41 Å². The van der Waals surface area contributed by atoms with Crippen molar-refractivity contribution in [3.05, 3.63) is 30.3 Å². The maximum absolute atomic E-state index is 12.6.